The maximum Gasteiger partial charge on any atom is 0.319 e. The van der Waals surface area contributed by atoms with Gasteiger partial charge in [0.2, 0.25) is 0 Å². The van der Waals surface area contributed by atoms with Crippen LogP contribution >= 0.6 is 0 Å². The summed E-state index contributed by atoms with van der Waals surface area (Å²) in [7, 11) is 0. The van der Waals surface area contributed by atoms with Crippen molar-refractivity contribution in [1.29, 1.82) is 0 Å². The average Bonchev–Trinajstić information content (AvgIpc) is 3.23. The van der Waals surface area contributed by atoms with E-state index in [0.717, 1.165) is 15.7 Å². The van der Waals surface area contributed by atoms with Gasteiger partial charge in [-0.2, -0.15) is 8.78 Å². The number of alkyl halides is 2. The first-order chi connectivity index (χ1) is 14.1. The number of carbonyl (C=O) groups excluding carboxylic acids is 1. The van der Waals surface area contributed by atoms with Crippen molar-refractivity contribution >= 4 is 5.91 Å². The summed E-state index contributed by atoms with van der Waals surface area (Å²) in [6, 6.07) is 17.7. The standard InChI is InChI=1S/C22H22F2N4O/c23-22(24)28-11-10-25-20(28)16-26-12-14-27(15-13-26)21(29)19-8-6-18(7-9-19)17-4-2-1-3-5-17/h1-11,22H,12-16H2. The number of hydrogen-bond acceptors (Lipinski definition) is 3. The van der Waals surface area contributed by atoms with Gasteiger partial charge < -0.3 is 4.90 Å². The Morgan fingerprint density at radius 1 is 0.931 bits per heavy atom. The van der Waals surface area contributed by atoms with Crippen LogP contribution in [0.25, 0.3) is 11.1 Å². The second-order valence-electron chi connectivity index (χ2n) is 7.04. The molecule has 0 spiro atoms. The molecule has 3 aromatic rings. The molecule has 1 fully saturated rings. The Kier molecular flexibility index (Phi) is 5.67. The molecule has 0 bridgehead atoms. The van der Waals surface area contributed by atoms with Crippen molar-refractivity contribution in [2.75, 3.05) is 26.2 Å². The van der Waals surface area contributed by atoms with Gasteiger partial charge in [-0.3, -0.25) is 14.3 Å². The number of piperazine rings is 1. The van der Waals surface area contributed by atoms with Crippen LogP contribution in [-0.2, 0) is 6.54 Å². The van der Waals surface area contributed by atoms with Crippen LogP contribution in [0, 0.1) is 0 Å². The lowest BCUT2D eigenvalue weighted by atomic mass is 10.0. The van der Waals surface area contributed by atoms with Crippen molar-refractivity contribution in [2.45, 2.75) is 13.1 Å². The van der Waals surface area contributed by atoms with Crippen LogP contribution in [0.4, 0.5) is 8.78 Å². The number of benzene rings is 2. The summed E-state index contributed by atoms with van der Waals surface area (Å²) in [6.07, 6.45) is 2.68. The van der Waals surface area contributed by atoms with Gasteiger partial charge in [-0.15, -0.1) is 0 Å². The van der Waals surface area contributed by atoms with E-state index in [1.165, 1.54) is 12.4 Å². The largest absolute Gasteiger partial charge is 0.336 e. The molecule has 5 nitrogen and oxygen atoms in total. The van der Waals surface area contributed by atoms with Crippen LogP contribution in [0.15, 0.2) is 67.0 Å². The van der Waals surface area contributed by atoms with Gasteiger partial charge in [0.15, 0.2) is 0 Å². The van der Waals surface area contributed by atoms with E-state index in [-0.39, 0.29) is 5.91 Å². The van der Waals surface area contributed by atoms with Crippen molar-refractivity contribution in [3.63, 3.8) is 0 Å². The Hall–Kier alpha value is -3.06. The first-order valence-electron chi connectivity index (χ1n) is 9.59. The lowest BCUT2D eigenvalue weighted by Gasteiger charge is -2.34. The molecule has 0 saturated carbocycles. The molecule has 0 N–H and O–H groups in total. The monoisotopic (exact) mass is 396 g/mol. The Balaban J connectivity index is 1.35. The highest BCUT2D eigenvalue weighted by molar-refractivity contribution is 5.94. The number of halogens is 2. The summed E-state index contributed by atoms with van der Waals surface area (Å²) < 4.78 is 26.8. The van der Waals surface area contributed by atoms with E-state index in [2.05, 4.69) is 4.98 Å². The molecule has 1 aliphatic heterocycles. The number of imidazole rings is 1. The minimum absolute atomic E-state index is 0.00153. The van der Waals surface area contributed by atoms with Crippen LogP contribution in [-0.4, -0.2) is 51.4 Å². The highest BCUT2D eigenvalue weighted by atomic mass is 19.3. The van der Waals surface area contributed by atoms with Crippen molar-refractivity contribution in [2.24, 2.45) is 0 Å². The Labute approximate surface area is 168 Å². The van der Waals surface area contributed by atoms with Crippen LogP contribution < -0.4 is 0 Å². The molecule has 150 valence electrons. The summed E-state index contributed by atoms with van der Waals surface area (Å²) >= 11 is 0. The SMILES string of the molecule is O=C(c1ccc(-c2ccccc2)cc1)N1CCN(Cc2nccn2C(F)F)CC1. The van der Waals surface area contributed by atoms with Gasteiger partial charge in [0.1, 0.15) is 5.82 Å². The van der Waals surface area contributed by atoms with Crippen molar-refractivity contribution in [1.82, 2.24) is 19.4 Å². The highest BCUT2D eigenvalue weighted by Crippen LogP contribution is 2.20. The van der Waals surface area contributed by atoms with Gasteiger partial charge in [-0.25, -0.2) is 4.98 Å². The molecule has 0 unspecified atom stereocenters. The van der Waals surface area contributed by atoms with Gasteiger partial charge in [0, 0.05) is 44.1 Å². The fraction of sp³-hybridized carbons (Fsp3) is 0.273. The lowest BCUT2D eigenvalue weighted by molar-refractivity contribution is 0.0555. The van der Waals surface area contributed by atoms with Gasteiger partial charge >= 0.3 is 6.55 Å². The molecule has 29 heavy (non-hydrogen) atoms. The topological polar surface area (TPSA) is 41.4 Å². The average molecular weight is 396 g/mol. The molecule has 0 aliphatic carbocycles. The molecule has 2 aromatic carbocycles. The minimum atomic E-state index is -2.59. The fourth-order valence-corrected chi connectivity index (χ4v) is 3.57. The molecule has 1 saturated heterocycles. The number of aromatic nitrogens is 2. The summed E-state index contributed by atoms with van der Waals surface area (Å²) in [4.78, 5) is 20.7. The number of nitrogens with zero attached hydrogens (tertiary/aromatic N) is 4. The Morgan fingerprint density at radius 3 is 2.24 bits per heavy atom. The summed E-state index contributed by atoms with van der Waals surface area (Å²) in [5, 5.41) is 0. The molecule has 0 radical (unpaired) electrons. The Morgan fingerprint density at radius 2 is 1.59 bits per heavy atom. The molecule has 2 heterocycles. The second-order valence-corrected chi connectivity index (χ2v) is 7.04. The van der Waals surface area contributed by atoms with E-state index in [9.17, 15) is 13.6 Å². The van der Waals surface area contributed by atoms with Crippen molar-refractivity contribution in [3.05, 3.63) is 78.4 Å². The number of carbonyl (C=O) groups is 1. The van der Waals surface area contributed by atoms with Crippen LogP contribution in [0.1, 0.15) is 22.7 Å². The number of hydrogen-bond donors (Lipinski definition) is 0. The molecule has 4 rings (SSSR count). The molecule has 7 heteroatoms. The van der Waals surface area contributed by atoms with Gasteiger partial charge in [0.25, 0.3) is 5.91 Å². The van der Waals surface area contributed by atoms with Crippen LogP contribution in [0.3, 0.4) is 0 Å². The predicted molar refractivity (Wildman–Crippen MR) is 107 cm³/mol. The molecule has 1 amide bonds. The van der Waals surface area contributed by atoms with Gasteiger partial charge in [0.05, 0.1) is 6.54 Å². The van der Waals surface area contributed by atoms with E-state index >= 15 is 0 Å². The molecule has 1 aliphatic rings. The molecule has 1 aromatic heterocycles. The predicted octanol–water partition coefficient (Wildman–Crippen LogP) is 3.90. The third kappa shape index (κ3) is 4.35. The lowest BCUT2D eigenvalue weighted by Crippen LogP contribution is -2.48. The highest BCUT2D eigenvalue weighted by Gasteiger charge is 2.23. The third-order valence-corrected chi connectivity index (χ3v) is 5.22. The van der Waals surface area contributed by atoms with Crippen molar-refractivity contribution < 1.29 is 13.6 Å². The summed E-state index contributed by atoms with van der Waals surface area (Å²) in [6.45, 7) is 0.150. The van der Waals surface area contributed by atoms with Crippen molar-refractivity contribution in [3.8, 4) is 11.1 Å². The zero-order valence-corrected chi connectivity index (χ0v) is 15.9. The van der Waals surface area contributed by atoms with E-state index in [0.29, 0.717) is 44.1 Å². The van der Waals surface area contributed by atoms with E-state index in [1.54, 1.807) is 0 Å². The van der Waals surface area contributed by atoms with E-state index in [1.807, 2.05) is 64.4 Å². The summed E-state index contributed by atoms with van der Waals surface area (Å²) in [5.41, 5.74) is 2.84. The van der Waals surface area contributed by atoms with E-state index in [4.69, 9.17) is 0 Å². The maximum absolute atomic E-state index is 13.0. The minimum Gasteiger partial charge on any atom is -0.336 e. The quantitative estimate of drug-likeness (QED) is 0.657. The zero-order chi connectivity index (χ0) is 20.2. The smallest absolute Gasteiger partial charge is 0.319 e. The normalized spacial score (nSPS) is 15.1. The Bertz CT molecular complexity index is 948. The van der Waals surface area contributed by atoms with Gasteiger partial charge in [-0.05, 0) is 23.3 Å². The number of rotatable bonds is 5. The molecular formula is C22H22F2N4O. The maximum atomic E-state index is 13.0. The fourth-order valence-electron chi connectivity index (χ4n) is 3.57. The van der Waals surface area contributed by atoms with Gasteiger partial charge in [-0.1, -0.05) is 42.5 Å². The molecule has 0 atom stereocenters. The second kappa shape index (κ2) is 8.53. The van der Waals surface area contributed by atoms with E-state index < -0.39 is 6.55 Å². The molecular weight excluding hydrogens is 374 g/mol. The first kappa shape index (κ1) is 19.3. The number of amides is 1. The zero-order valence-electron chi connectivity index (χ0n) is 15.9. The van der Waals surface area contributed by atoms with Crippen LogP contribution in [0.5, 0.6) is 0 Å². The third-order valence-electron chi connectivity index (χ3n) is 5.22. The van der Waals surface area contributed by atoms with Crippen LogP contribution in [0.2, 0.25) is 0 Å². The first-order valence-corrected chi connectivity index (χ1v) is 9.59. The summed E-state index contributed by atoms with van der Waals surface area (Å²) in [5.74, 6) is 0.342.